The van der Waals surface area contributed by atoms with Crippen LogP contribution in [0.4, 0.5) is 0 Å². The SMILES string of the molecule is CC(=O)[O-].CC(=O)[O-].O.O.O.O.[Pd+2]. The maximum atomic E-state index is 8.89. The molecular weight excluding hydrogens is 282 g/mol. The van der Waals surface area contributed by atoms with Crippen LogP contribution in [-0.4, -0.2) is 33.8 Å². The monoisotopic (exact) mass is 296 g/mol. The minimum absolute atomic E-state index is 0. The van der Waals surface area contributed by atoms with Crippen LogP contribution in [0.15, 0.2) is 0 Å². The van der Waals surface area contributed by atoms with Gasteiger partial charge in [-0.05, 0) is 13.8 Å². The maximum Gasteiger partial charge on any atom is 2.00 e. The molecule has 0 atom stereocenters. The van der Waals surface area contributed by atoms with Gasteiger partial charge >= 0.3 is 20.4 Å². The summed E-state index contributed by atoms with van der Waals surface area (Å²) in [5.41, 5.74) is 0. The first-order valence-electron chi connectivity index (χ1n) is 1.82. The van der Waals surface area contributed by atoms with Gasteiger partial charge in [-0.15, -0.1) is 0 Å². The standard InChI is InChI=1S/2C2H4O2.4H2O.Pd/c2*1-2(3)4;;;;;/h2*1H3,(H,3,4);4*1H2;/q;;;;;;+2/p-2. The van der Waals surface area contributed by atoms with Crippen LogP contribution in [-0.2, 0) is 30.0 Å². The molecule has 0 bridgehead atoms. The normalized spacial score (nSPS) is 3.85. The fourth-order valence-electron chi connectivity index (χ4n) is 0. The fourth-order valence-corrected chi connectivity index (χ4v) is 0. The van der Waals surface area contributed by atoms with Crippen molar-refractivity contribution in [1.29, 1.82) is 0 Å². The third kappa shape index (κ3) is 3280. The van der Waals surface area contributed by atoms with Crippen molar-refractivity contribution in [1.82, 2.24) is 0 Å². The summed E-state index contributed by atoms with van der Waals surface area (Å²) in [6, 6.07) is 0. The molecule has 9 heteroatoms. The van der Waals surface area contributed by atoms with Crippen molar-refractivity contribution in [3.8, 4) is 0 Å². The number of hydrogen-bond donors (Lipinski definition) is 0. The van der Waals surface area contributed by atoms with Gasteiger partial charge in [0.05, 0.1) is 0 Å². The van der Waals surface area contributed by atoms with Gasteiger partial charge in [0.15, 0.2) is 0 Å². The van der Waals surface area contributed by atoms with Crippen LogP contribution in [0.5, 0.6) is 0 Å². The molecule has 0 aliphatic heterocycles. The molecule has 0 spiro atoms. The Bertz CT molecular complexity index is 74.1. The minimum Gasteiger partial charge on any atom is -0.550 e. The van der Waals surface area contributed by atoms with Crippen molar-refractivity contribution < 1.29 is 62.1 Å². The van der Waals surface area contributed by atoms with Gasteiger partial charge in [0.1, 0.15) is 0 Å². The molecule has 0 rings (SSSR count). The first-order valence-corrected chi connectivity index (χ1v) is 1.82. The zero-order valence-electron chi connectivity index (χ0n) is 6.95. The number of carbonyl (C=O) groups is 2. The van der Waals surface area contributed by atoms with Crippen LogP contribution >= 0.6 is 0 Å². The second-order valence-corrected chi connectivity index (χ2v) is 0.983. The van der Waals surface area contributed by atoms with E-state index in [1.807, 2.05) is 0 Å². The molecule has 0 saturated carbocycles. The van der Waals surface area contributed by atoms with Crippen LogP contribution < -0.4 is 10.2 Å². The number of carboxylic acids is 2. The number of rotatable bonds is 0. The van der Waals surface area contributed by atoms with Crippen molar-refractivity contribution in [3.63, 3.8) is 0 Å². The molecule has 0 aliphatic carbocycles. The van der Waals surface area contributed by atoms with E-state index in [0.29, 0.717) is 0 Å². The molecule has 0 heterocycles. The first kappa shape index (κ1) is 55.0. The molecule has 0 aromatic carbocycles. The smallest absolute Gasteiger partial charge is 0.550 e. The summed E-state index contributed by atoms with van der Waals surface area (Å²) in [6.07, 6.45) is 0. The van der Waals surface area contributed by atoms with Crippen LogP contribution in [0.25, 0.3) is 0 Å². The number of carboxylic acid groups (broad SMARTS) is 2. The topological polar surface area (TPSA) is 206 Å². The molecule has 0 aromatic heterocycles. The first-order chi connectivity index (χ1) is 3.46. The van der Waals surface area contributed by atoms with Crippen molar-refractivity contribution in [2.24, 2.45) is 0 Å². The largest absolute Gasteiger partial charge is 2.00 e. The molecule has 0 aliphatic rings. The molecule has 0 unspecified atom stereocenters. The van der Waals surface area contributed by atoms with E-state index in [-0.39, 0.29) is 42.3 Å². The van der Waals surface area contributed by atoms with Crippen LogP contribution in [0.2, 0.25) is 0 Å². The van der Waals surface area contributed by atoms with Gasteiger partial charge in [-0.2, -0.15) is 0 Å². The predicted molar refractivity (Wildman–Crippen MR) is 35.8 cm³/mol. The van der Waals surface area contributed by atoms with E-state index in [4.69, 9.17) is 19.8 Å². The van der Waals surface area contributed by atoms with E-state index >= 15 is 0 Å². The van der Waals surface area contributed by atoms with E-state index in [9.17, 15) is 0 Å². The quantitative estimate of drug-likeness (QED) is 0.400. The summed E-state index contributed by atoms with van der Waals surface area (Å²) in [4.78, 5) is 17.8. The van der Waals surface area contributed by atoms with Gasteiger partial charge in [0.25, 0.3) is 0 Å². The summed E-state index contributed by atoms with van der Waals surface area (Å²) in [7, 11) is 0. The molecular formula is C4H14O8Pd. The van der Waals surface area contributed by atoms with Crippen LogP contribution in [0.1, 0.15) is 13.8 Å². The Morgan fingerprint density at radius 1 is 0.769 bits per heavy atom. The third-order valence-corrected chi connectivity index (χ3v) is 0. The number of carbonyl (C=O) groups excluding carboxylic acids is 2. The molecule has 8 nitrogen and oxygen atoms in total. The Kier molecular flexibility index (Phi) is 178. The molecule has 0 amide bonds. The molecule has 0 radical (unpaired) electrons. The molecule has 13 heavy (non-hydrogen) atoms. The molecule has 88 valence electrons. The van der Waals surface area contributed by atoms with Crippen molar-refractivity contribution in [2.45, 2.75) is 13.8 Å². The van der Waals surface area contributed by atoms with E-state index in [1.54, 1.807) is 0 Å². The third-order valence-electron chi connectivity index (χ3n) is 0. The average Bonchev–Trinajstić information content (AvgIpc) is 1.25. The Hall–Kier alpha value is -0.558. The molecule has 0 aromatic rings. The van der Waals surface area contributed by atoms with E-state index in [2.05, 4.69) is 0 Å². The second kappa shape index (κ2) is 42.1. The number of aliphatic carboxylic acids is 2. The summed E-state index contributed by atoms with van der Waals surface area (Å²) < 4.78 is 0. The van der Waals surface area contributed by atoms with Crippen LogP contribution in [0, 0.1) is 0 Å². The predicted octanol–water partition coefficient (Wildman–Crippen LogP) is -5.79. The van der Waals surface area contributed by atoms with Gasteiger partial charge < -0.3 is 41.7 Å². The van der Waals surface area contributed by atoms with E-state index in [1.165, 1.54) is 0 Å². The maximum absolute atomic E-state index is 8.89. The summed E-state index contributed by atoms with van der Waals surface area (Å²) >= 11 is 0. The zero-order chi connectivity index (χ0) is 7.15. The van der Waals surface area contributed by atoms with Gasteiger partial charge in [0.2, 0.25) is 0 Å². The van der Waals surface area contributed by atoms with Crippen LogP contribution in [0.3, 0.4) is 0 Å². The minimum atomic E-state index is -1.08. The molecule has 0 saturated heterocycles. The van der Waals surface area contributed by atoms with Gasteiger partial charge in [-0.25, -0.2) is 0 Å². The van der Waals surface area contributed by atoms with E-state index < -0.39 is 11.9 Å². The van der Waals surface area contributed by atoms with Crippen molar-refractivity contribution in [2.75, 3.05) is 0 Å². The Morgan fingerprint density at radius 3 is 0.769 bits per heavy atom. The summed E-state index contributed by atoms with van der Waals surface area (Å²) in [6.45, 7) is 1.94. The van der Waals surface area contributed by atoms with E-state index in [0.717, 1.165) is 13.8 Å². The summed E-state index contributed by atoms with van der Waals surface area (Å²) in [5.74, 6) is -2.17. The zero-order valence-corrected chi connectivity index (χ0v) is 8.50. The average molecular weight is 297 g/mol. The van der Waals surface area contributed by atoms with Crippen molar-refractivity contribution in [3.05, 3.63) is 0 Å². The molecule has 8 N–H and O–H groups in total. The summed E-state index contributed by atoms with van der Waals surface area (Å²) in [5, 5.41) is 17.8. The Labute approximate surface area is 88.5 Å². The van der Waals surface area contributed by atoms with Gasteiger partial charge in [-0.3, -0.25) is 0 Å². The Morgan fingerprint density at radius 2 is 0.769 bits per heavy atom. The molecule has 0 fully saturated rings. The van der Waals surface area contributed by atoms with Crippen molar-refractivity contribution >= 4 is 11.9 Å². The van der Waals surface area contributed by atoms with Gasteiger partial charge in [-0.1, -0.05) is 0 Å². The number of hydrogen-bond acceptors (Lipinski definition) is 4. The fraction of sp³-hybridized carbons (Fsp3) is 0.500. The Balaban J connectivity index is -0.00000000800. The second-order valence-electron chi connectivity index (χ2n) is 0.983. The van der Waals surface area contributed by atoms with Gasteiger partial charge in [0, 0.05) is 11.9 Å².